The molecule has 1 aliphatic heterocycles. The number of hydrogen-bond donors (Lipinski definition) is 1. The monoisotopic (exact) mass is 413 g/mol. The lowest BCUT2D eigenvalue weighted by Crippen LogP contribution is -2.48. The molecule has 1 aromatic heterocycles. The predicted octanol–water partition coefficient (Wildman–Crippen LogP) is 3.27. The minimum atomic E-state index is -3.01. The van der Waals surface area contributed by atoms with Crippen LogP contribution >= 0.6 is 22.9 Å². The van der Waals surface area contributed by atoms with Crippen molar-refractivity contribution in [3.05, 3.63) is 39.2 Å². The Labute approximate surface area is 162 Å². The van der Waals surface area contributed by atoms with E-state index < -0.39 is 9.84 Å². The molecule has 1 aromatic carbocycles. The molecule has 1 atom stereocenters. The van der Waals surface area contributed by atoms with Gasteiger partial charge in [-0.1, -0.05) is 23.7 Å². The number of carbonyl (C=O) groups is 1. The maximum Gasteiger partial charge on any atom is 0.318 e. The number of amides is 2. The first-order chi connectivity index (χ1) is 12.2. The fourth-order valence-electron chi connectivity index (χ4n) is 2.73. The molecule has 6 nitrogen and oxygen atoms in total. The van der Waals surface area contributed by atoms with Gasteiger partial charge in [-0.15, -0.1) is 11.3 Å². The van der Waals surface area contributed by atoms with Crippen LogP contribution in [0.4, 0.5) is 4.79 Å². The summed E-state index contributed by atoms with van der Waals surface area (Å²) in [5.41, 5.74) is 1.86. The molecular weight excluding hydrogens is 394 g/mol. The van der Waals surface area contributed by atoms with E-state index >= 15 is 0 Å². The largest absolute Gasteiger partial charge is 0.329 e. The quantitative estimate of drug-likeness (QED) is 0.837. The van der Waals surface area contributed by atoms with Crippen molar-refractivity contribution in [3.8, 4) is 11.3 Å². The lowest BCUT2D eigenvalue weighted by atomic mass is 10.1. The minimum absolute atomic E-state index is 0.0197. The summed E-state index contributed by atoms with van der Waals surface area (Å²) in [6.07, 6.45) is 0. The van der Waals surface area contributed by atoms with Crippen molar-refractivity contribution in [2.24, 2.45) is 0 Å². The smallest absolute Gasteiger partial charge is 0.318 e. The standard InChI is InChI=1S/C17H20ClN3O3S2/c1-11(19-17(22)21-7-9-26(23,24)10-8-21)16-20-15(12(2)25-16)13-3-5-14(18)6-4-13/h3-6,11H,7-10H2,1-2H3,(H,19,22). The molecule has 3 rings (SSSR count). The minimum Gasteiger partial charge on any atom is -0.329 e. The zero-order chi connectivity index (χ0) is 18.9. The highest BCUT2D eigenvalue weighted by molar-refractivity contribution is 7.91. The van der Waals surface area contributed by atoms with Crippen molar-refractivity contribution in [2.75, 3.05) is 24.6 Å². The summed E-state index contributed by atoms with van der Waals surface area (Å²) in [6.45, 7) is 4.33. The van der Waals surface area contributed by atoms with Gasteiger partial charge in [0, 0.05) is 28.6 Å². The van der Waals surface area contributed by atoms with Gasteiger partial charge in [0.2, 0.25) is 0 Å². The predicted molar refractivity (Wildman–Crippen MR) is 104 cm³/mol. The van der Waals surface area contributed by atoms with E-state index in [1.54, 1.807) is 0 Å². The molecule has 1 unspecified atom stereocenters. The molecule has 0 spiro atoms. The zero-order valence-corrected chi connectivity index (χ0v) is 16.9. The van der Waals surface area contributed by atoms with Crippen LogP contribution in [-0.4, -0.2) is 48.9 Å². The molecule has 0 saturated carbocycles. The number of carbonyl (C=O) groups excluding carboxylic acids is 1. The third kappa shape index (κ3) is 4.36. The lowest BCUT2D eigenvalue weighted by Gasteiger charge is -2.28. The maximum atomic E-state index is 12.4. The van der Waals surface area contributed by atoms with Crippen LogP contribution in [0.2, 0.25) is 5.02 Å². The number of thiazole rings is 1. The van der Waals surface area contributed by atoms with Gasteiger partial charge in [0.05, 0.1) is 23.2 Å². The molecular formula is C17H20ClN3O3S2. The van der Waals surface area contributed by atoms with Gasteiger partial charge in [-0.3, -0.25) is 0 Å². The second-order valence-electron chi connectivity index (χ2n) is 6.27. The maximum absolute atomic E-state index is 12.4. The van der Waals surface area contributed by atoms with E-state index in [9.17, 15) is 13.2 Å². The van der Waals surface area contributed by atoms with Crippen LogP contribution in [0.1, 0.15) is 22.9 Å². The number of benzene rings is 1. The highest BCUT2D eigenvalue weighted by atomic mass is 35.5. The number of aryl methyl sites for hydroxylation is 1. The normalized spacial score (nSPS) is 17.7. The zero-order valence-electron chi connectivity index (χ0n) is 14.5. The molecule has 1 fully saturated rings. The first-order valence-electron chi connectivity index (χ1n) is 8.24. The molecule has 140 valence electrons. The van der Waals surface area contributed by atoms with E-state index in [2.05, 4.69) is 10.3 Å². The molecule has 2 heterocycles. The number of nitrogens with one attached hydrogen (secondary N) is 1. The third-order valence-corrected chi connectivity index (χ3v) is 7.29. The van der Waals surface area contributed by atoms with Crippen molar-refractivity contribution in [1.29, 1.82) is 0 Å². The molecule has 1 saturated heterocycles. The number of nitrogens with zero attached hydrogens (tertiary/aromatic N) is 2. The Balaban J connectivity index is 1.68. The van der Waals surface area contributed by atoms with Crippen LogP contribution in [0.15, 0.2) is 24.3 Å². The van der Waals surface area contributed by atoms with Gasteiger partial charge in [-0.25, -0.2) is 18.2 Å². The molecule has 1 N–H and O–H groups in total. The van der Waals surface area contributed by atoms with Crippen molar-refractivity contribution < 1.29 is 13.2 Å². The topological polar surface area (TPSA) is 79.4 Å². The van der Waals surface area contributed by atoms with E-state index in [0.717, 1.165) is 21.1 Å². The van der Waals surface area contributed by atoms with Gasteiger partial charge in [-0.2, -0.15) is 0 Å². The summed E-state index contributed by atoms with van der Waals surface area (Å²) in [4.78, 5) is 19.7. The van der Waals surface area contributed by atoms with Gasteiger partial charge in [0.15, 0.2) is 9.84 Å². The Kier molecular flexibility index (Phi) is 5.55. The van der Waals surface area contributed by atoms with Crippen molar-refractivity contribution >= 4 is 38.8 Å². The van der Waals surface area contributed by atoms with E-state index in [1.807, 2.05) is 38.1 Å². The first-order valence-corrected chi connectivity index (χ1v) is 11.3. The highest BCUT2D eigenvalue weighted by Gasteiger charge is 2.26. The number of halogens is 1. The first kappa shape index (κ1) is 19.1. The fourth-order valence-corrected chi connectivity index (χ4v) is 5.01. The Morgan fingerprint density at radius 3 is 2.50 bits per heavy atom. The Hall–Kier alpha value is -1.64. The summed E-state index contributed by atoms with van der Waals surface area (Å²) in [6, 6.07) is 6.98. The number of aromatic nitrogens is 1. The van der Waals surface area contributed by atoms with Crippen molar-refractivity contribution in [1.82, 2.24) is 15.2 Å². The number of urea groups is 1. The number of sulfone groups is 1. The number of rotatable bonds is 3. The average Bonchev–Trinajstić information content (AvgIpc) is 2.97. The van der Waals surface area contributed by atoms with Crippen LogP contribution in [-0.2, 0) is 9.84 Å². The van der Waals surface area contributed by atoms with E-state index in [0.29, 0.717) is 5.02 Å². The second kappa shape index (κ2) is 7.54. The molecule has 0 bridgehead atoms. The van der Waals surface area contributed by atoms with Gasteiger partial charge < -0.3 is 10.2 Å². The van der Waals surface area contributed by atoms with E-state index in [1.165, 1.54) is 16.2 Å². The van der Waals surface area contributed by atoms with Crippen LogP contribution in [0.25, 0.3) is 11.3 Å². The Bertz CT molecular complexity index is 896. The lowest BCUT2D eigenvalue weighted by molar-refractivity contribution is 0.199. The second-order valence-corrected chi connectivity index (χ2v) is 10.2. The summed E-state index contributed by atoms with van der Waals surface area (Å²) in [5.74, 6) is 0.0394. The van der Waals surface area contributed by atoms with Crippen LogP contribution in [0.3, 0.4) is 0 Å². The van der Waals surface area contributed by atoms with E-state index in [-0.39, 0.29) is 36.7 Å². The van der Waals surface area contributed by atoms with Gasteiger partial charge in [-0.05, 0) is 26.0 Å². The van der Waals surface area contributed by atoms with E-state index in [4.69, 9.17) is 11.6 Å². The fraction of sp³-hybridized carbons (Fsp3) is 0.412. The molecule has 2 amide bonds. The van der Waals surface area contributed by atoms with Gasteiger partial charge in [0.1, 0.15) is 5.01 Å². The van der Waals surface area contributed by atoms with Crippen LogP contribution < -0.4 is 5.32 Å². The SMILES string of the molecule is Cc1sc(C(C)NC(=O)N2CCS(=O)(=O)CC2)nc1-c1ccc(Cl)cc1. The summed E-state index contributed by atoms with van der Waals surface area (Å²) in [5, 5.41) is 4.40. The molecule has 0 radical (unpaired) electrons. The molecule has 2 aromatic rings. The Morgan fingerprint density at radius 2 is 1.88 bits per heavy atom. The third-order valence-electron chi connectivity index (χ3n) is 4.27. The summed E-state index contributed by atoms with van der Waals surface area (Å²) < 4.78 is 23.0. The van der Waals surface area contributed by atoms with Crippen LogP contribution in [0.5, 0.6) is 0 Å². The van der Waals surface area contributed by atoms with Crippen molar-refractivity contribution in [3.63, 3.8) is 0 Å². The molecule has 1 aliphatic rings. The summed E-state index contributed by atoms with van der Waals surface area (Å²) in [7, 11) is -3.01. The molecule has 26 heavy (non-hydrogen) atoms. The van der Waals surface area contributed by atoms with Gasteiger partial charge >= 0.3 is 6.03 Å². The van der Waals surface area contributed by atoms with Crippen molar-refractivity contribution in [2.45, 2.75) is 19.9 Å². The Morgan fingerprint density at radius 1 is 1.27 bits per heavy atom. The average molecular weight is 414 g/mol. The van der Waals surface area contributed by atoms with Crippen LogP contribution in [0, 0.1) is 6.92 Å². The van der Waals surface area contributed by atoms with Gasteiger partial charge in [0.25, 0.3) is 0 Å². The molecule has 9 heteroatoms. The molecule has 0 aliphatic carbocycles. The summed E-state index contributed by atoms with van der Waals surface area (Å²) >= 11 is 7.47. The highest BCUT2D eigenvalue weighted by Crippen LogP contribution is 2.31. The number of hydrogen-bond acceptors (Lipinski definition) is 5.